The van der Waals surface area contributed by atoms with E-state index in [1.54, 1.807) is 0 Å². The summed E-state index contributed by atoms with van der Waals surface area (Å²) in [6.45, 7) is 1.65. The Balaban J connectivity index is 1.19. The van der Waals surface area contributed by atoms with Crippen LogP contribution in [0.1, 0.15) is 38.5 Å². The summed E-state index contributed by atoms with van der Waals surface area (Å²) in [6, 6.07) is 16.8. The van der Waals surface area contributed by atoms with E-state index in [2.05, 4.69) is 52.3 Å². The highest BCUT2D eigenvalue weighted by atomic mass is 16.5. The van der Waals surface area contributed by atoms with Crippen LogP contribution < -0.4 is 4.74 Å². The Morgan fingerprint density at radius 1 is 0.867 bits per heavy atom. The van der Waals surface area contributed by atoms with E-state index in [1.807, 2.05) is 18.5 Å². The third kappa shape index (κ3) is 4.04. The minimum Gasteiger partial charge on any atom is -0.490 e. The van der Waals surface area contributed by atoms with Crippen molar-refractivity contribution in [3.05, 3.63) is 60.9 Å². The zero-order valence-corrected chi connectivity index (χ0v) is 17.3. The Kier molecular flexibility index (Phi) is 5.39. The maximum Gasteiger partial charge on any atom is 0.225 e. The molecular formula is C26H28N2O2. The number of pyridine rings is 1. The predicted octanol–water partition coefficient (Wildman–Crippen LogP) is 5.46. The van der Waals surface area contributed by atoms with Crippen molar-refractivity contribution in [3.63, 3.8) is 0 Å². The van der Waals surface area contributed by atoms with E-state index in [-0.39, 0.29) is 12.0 Å². The van der Waals surface area contributed by atoms with E-state index in [4.69, 9.17) is 4.74 Å². The average molecular weight is 401 g/mol. The fourth-order valence-electron chi connectivity index (χ4n) is 4.81. The minimum atomic E-state index is 0.191. The predicted molar refractivity (Wildman–Crippen MR) is 119 cm³/mol. The smallest absolute Gasteiger partial charge is 0.225 e. The van der Waals surface area contributed by atoms with Crippen LogP contribution >= 0.6 is 0 Å². The summed E-state index contributed by atoms with van der Waals surface area (Å²) in [5.74, 6) is 1.56. The molecule has 1 aromatic heterocycles. The Hall–Kier alpha value is -2.88. The van der Waals surface area contributed by atoms with Gasteiger partial charge in [0.05, 0.1) is 0 Å². The summed E-state index contributed by atoms with van der Waals surface area (Å²) in [4.78, 5) is 18.8. The second kappa shape index (κ2) is 8.47. The largest absolute Gasteiger partial charge is 0.490 e. The van der Waals surface area contributed by atoms with E-state index in [0.29, 0.717) is 5.91 Å². The number of amides is 1. The number of benzene rings is 2. The van der Waals surface area contributed by atoms with Gasteiger partial charge in [-0.2, -0.15) is 0 Å². The fourth-order valence-corrected chi connectivity index (χ4v) is 4.81. The van der Waals surface area contributed by atoms with E-state index in [9.17, 15) is 4.79 Å². The molecule has 0 radical (unpaired) electrons. The standard InChI is InChI=1S/C26H28N2O2/c29-26(20-3-1-2-4-20)28-15-12-25(13-16-28)30-24-9-7-19(8-10-24)21-5-6-23-18-27-14-11-22(23)17-21/h5-11,14,17-18,20,25H,1-4,12-13,15-16H2. The lowest BCUT2D eigenvalue weighted by atomic mass is 10.0. The van der Waals surface area contributed by atoms with Crippen LogP contribution in [0, 0.1) is 5.92 Å². The molecule has 0 atom stereocenters. The van der Waals surface area contributed by atoms with Gasteiger partial charge in [-0.15, -0.1) is 0 Å². The Labute approximate surface area is 177 Å². The first-order valence-corrected chi connectivity index (χ1v) is 11.2. The Bertz CT molecular complexity index is 1020. The zero-order valence-electron chi connectivity index (χ0n) is 17.3. The number of nitrogens with zero attached hydrogens (tertiary/aromatic N) is 2. The highest BCUT2D eigenvalue weighted by Gasteiger charge is 2.30. The topological polar surface area (TPSA) is 42.4 Å². The molecule has 4 nitrogen and oxygen atoms in total. The maximum absolute atomic E-state index is 12.6. The van der Waals surface area contributed by atoms with E-state index < -0.39 is 0 Å². The number of carbonyl (C=O) groups excluding carboxylic acids is 1. The molecular weight excluding hydrogens is 372 g/mol. The molecule has 2 fully saturated rings. The molecule has 5 rings (SSSR count). The van der Waals surface area contributed by atoms with Gasteiger partial charge >= 0.3 is 0 Å². The molecule has 4 heteroatoms. The molecule has 0 unspecified atom stereocenters. The van der Waals surface area contributed by atoms with Crippen LogP contribution in [0.2, 0.25) is 0 Å². The Morgan fingerprint density at radius 2 is 1.60 bits per heavy atom. The average Bonchev–Trinajstić information content (AvgIpc) is 3.34. The molecule has 30 heavy (non-hydrogen) atoms. The SMILES string of the molecule is O=C(C1CCCC1)N1CCC(Oc2ccc(-c3ccc4cnccc4c3)cc2)CC1. The van der Waals surface area contributed by atoms with Crippen LogP contribution in [-0.4, -0.2) is 35.0 Å². The number of carbonyl (C=O) groups is 1. The van der Waals surface area contributed by atoms with Crippen molar-refractivity contribution >= 4 is 16.7 Å². The molecule has 154 valence electrons. The van der Waals surface area contributed by atoms with Gasteiger partial charge in [0.25, 0.3) is 0 Å². The molecule has 0 N–H and O–H groups in total. The van der Waals surface area contributed by atoms with Crippen LogP contribution in [0.4, 0.5) is 0 Å². The molecule has 2 aliphatic rings. The number of fused-ring (bicyclic) bond motifs is 1. The van der Waals surface area contributed by atoms with Crippen molar-refractivity contribution in [2.75, 3.05) is 13.1 Å². The van der Waals surface area contributed by atoms with Crippen LogP contribution in [0.15, 0.2) is 60.9 Å². The van der Waals surface area contributed by atoms with E-state index in [1.165, 1.54) is 29.4 Å². The number of aromatic nitrogens is 1. The van der Waals surface area contributed by atoms with Crippen molar-refractivity contribution in [2.45, 2.75) is 44.6 Å². The first kappa shape index (κ1) is 19.1. The highest BCUT2D eigenvalue weighted by Crippen LogP contribution is 2.29. The van der Waals surface area contributed by atoms with Crippen molar-refractivity contribution in [3.8, 4) is 16.9 Å². The third-order valence-corrected chi connectivity index (χ3v) is 6.59. The van der Waals surface area contributed by atoms with Crippen LogP contribution in [0.3, 0.4) is 0 Å². The summed E-state index contributed by atoms with van der Waals surface area (Å²) < 4.78 is 6.22. The number of rotatable bonds is 4. The number of ether oxygens (including phenoxy) is 1. The number of likely N-dealkylation sites (tertiary alicyclic amines) is 1. The van der Waals surface area contributed by atoms with Gasteiger partial charge < -0.3 is 9.64 Å². The van der Waals surface area contributed by atoms with E-state index >= 15 is 0 Å². The summed E-state index contributed by atoms with van der Waals surface area (Å²) in [7, 11) is 0. The monoisotopic (exact) mass is 400 g/mol. The normalized spacial score (nSPS) is 18.1. The first-order chi connectivity index (χ1) is 14.8. The summed E-state index contributed by atoms with van der Waals surface area (Å²) in [5, 5.41) is 2.35. The molecule has 1 saturated carbocycles. The van der Waals surface area contributed by atoms with Crippen molar-refractivity contribution < 1.29 is 9.53 Å². The van der Waals surface area contributed by atoms with Gasteiger partial charge in [0, 0.05) is 49.6 Å². The second-order valence-corrected chi connectivity index (χ2v) is 8.59. The molecule has 0 spiro atoms. The maximum atomic E-state index is 12.6. The number of hydrogen-bond acceptors (Lipinski definition) is 3. The molecule has 1 aliphatic carbocycles. The summed E-state index contributed by atoms with van der Waals surface area (Å²) in [6.07, 6.45) is 10.3. The molecule has 1 amide bonds. The zero-order chi connectivity index (χ0) is 20.3. The second-order valence-electron chi connectivity index (χ2n) is 8.59. The summed E-state index contributed by atoms with van der Waals surface area (Å²) >= 11 is 0. The summed E-state index contributed by atoms with van der Waals surface area (Å²) in [5.41, 5.74) is 2.37. The van der Waals surface area contributed by atoms with Crippen molar-refractivity contribution in [1.29, 1.82) is 0 Å². The molecule has 2 aromatic carbocycles. The molecule has 1 aliphatic heterocycles. The van der Waals surface area contributed by atoms with Crippen LogP contribution in [-0.2, 0) is 4.79 Å². The Morgan fingerprint density at radius 3 is 2.37 bits per heavy atom. The van der Waals surface area contributed by atoms with Gasteiger partial charge in [-0.3, -0.25) is 9.78 Å². The van der Waals surface area contributed by atoms with Gasteiger partial charge in [-0.1, -0.05) is 37.1 Å². The first-order valence-electron chi connectivity index (χ1n) is 11.2. The molecule has 2 heterocycles. The van der Waals surface area contributed by atoms with Gasteiger partial charge in [-0.05, 0) is 53.6 Å². The lowest BCUT2D eigenvalue weighted by Crippen LogP contribution is -2.43. The van der Waals surface area contributed by atoms with Gasteiger partial charge in [0.15, 0.2) is 0 Å². The number of hydrogen-bond donors (Lipinski definition) is 0. The fraction of sp³-hybridized carbons (Fsp3) is 0.385. The van der Waals surface area contributed by atoms with E-state index in [0.717, 1.165) is 49.9 Å². The third-order valence-electron chi connectivity index (χ3n) is 6.59. The molecule has 1 saturated heterocycles. The highest BCUT2D eigenvalue weighted by molar-refractivity contribution is 5.86. The van der Waals surface area contributed by atoms with Gasteiger partial charge in [0.1, 0.15) is 11.9 Å². The van der Waals surface area contributed by atoms with Crippen LogP contribution in [0.25, 0.3) is 21.9 Å². The minimum absolute atomic E-state index is 0.191. The molecule has 3 aromatic rings. The lowest BCUT2D eigenvalue weighted by molar-refractivity contribution is -0.137. The lowest BCUT2D eigenvalue weighted by Gasteiger charge is -2.33. The quantitative estimate of drug-likeness (QED) is 0.584. The van der Waals surface area contributed by atoms with Gasteiger partial charge in [0.2, 0.25) is 5.91 Å². The van der Waals surface area contributed by atoms with Gasteiger partial charge in [-0.25, -0.2) is 0 Å². The van der Waals surface area contributed by atoms with Crippen LogP contribution in [0.5, 0.6) is 5.75 Å². The van der Waals surface area contributed by atoms with Crippen molar-refractivity contribution in [2.24, 2.45) is 5.92 Å². The molecule has 0 bridgehead atoms. The number of piperidine rings is 1. The van der Waals surface area contributed by atoms with Crippen molar-refractivity contribution in [1.82, 2.24) is 9.88 Å².